The van der Waals surface area contributed by atoms with Gasteiger partial charge in [-0.05, 0) is 42.9 Å². The normalized spacial score (nSPS) is 24.2. The van der Waals surface area contributed by atoms with E-state index in [1.54, 1.807) is 12.1 Å². The van der Waals surface area contributed by atoms with E-state index in [-0.39, 0.29) is 18.0 Å². The number of carbonyl (C=O) groups is 1. The molecule has 3 atom stereocenters. The molecule has 1 fully saturated rings. The Morgan fingerprint density at radius 1 is 1.04 bits per heavy atom. The molecular weight excluding hydrogens is 324 g/mol. The van der Waals surface area contributed by atoms with Gasteiger partial charge in [0.15, 0.2) is 0 Å². The molecule has 2 aromatic carbocycles. The first-order valence-corrected chi connectivity index (χ1v) is 9.55. The van der Waals surface area contributed by atoms with Crippen molar-refractivity contribution in [3.63, 3.8) is 0 Å². The highest BCUT2D eigenvalue weighted by Gasteiger charge is 2.50. The number of hydrogen-bond donors (Lipinski definition) is 1. The smallest absolute Gasteiger partial charge is 0.338 e. The van der Waals surface area contributed by atoms with Crippen molar-refractivity contribution in [3.8, 4) is 0 Å². The van der Waals surface area contributed by atoms with Crippen molar-refractivity contribution in [3.05, 3.63) is 71.8 Å². The fraction of sp³-hybridized carbons (Fsp3) is 0.435. The van der Waals surface area contributed by atoms with Crippen molar-refractivity contribution in [1.29, 1.82) is 0 Å². The zero-order valence-corrected chi connectivity index (χ0v) is 15.6. The SMILES string of the molecule is CC(C)[C@H](O)[C@]1(c2ccccc2)CCCC[C@@H]1OC(=O)c1ccccc1. The third-order valence-electron chi connectivity index (χ3n) is 5.61. The molecule has 0 radical (unpaired) electrons. The molecule has 1 N–H and O–H groups in total. The van der Waals surface area contributed by atoms with Gasteiger partial charge in [-0.2, -0.15) is 0 Å². The molecule has 3 heteroatoms. The van der Waals surface area contributed by atoms with Crippen molar-refractivity contribution in [2.75, 3.05) is 0 Å². The summed E-state index contributed by atoms with van der Waals surface area (Å²) in [4.78, 5) is 12.7. The minimum absolute atomic E-state index is 0.0752. The zero-order valence-electron chi connectivity index (χ0n) is 15.6. The molecule has 0 saturated heterocycles. The first kappa shape index (κ1) is 18.7. The fourth-order valence-corrected chi connectivity index (χ4v) is 4.28. The molecule has 0 aromatic heterocycles. The monoisotopic (exact) mass is 352 g/mol. The molecule has 0 heterocycles. The fourth-order valence-electron chi connectivity index (χ4n) is 4.28. The predicted molar refractivity (Wildman–Crippen MR) is 103 cm³/mol. The van der Waals surface area contributed by atoms with Crippen LogP contribution in [-0.4, -0.2) is 23.3 Å². The Hall–Kier alpha value is -2.13. The van der Waals surface area contributed by atoms with E-state index in [0.29, 0.717) is 5.56 Å². The number of rotatable bonds is 5. The summed E-state index contributed by atoms with van der Waals surface area (Å²) >= 11 is 0. The lowest BCUT2D eigenvalue weighted by molar-refractivity contribution is -0.0719. The van der Waals surface area contributed by atoms with Crippen LogP contribution in [0, 0.1) is 5.92 Å². The van der Waals surface area contributed by atoms with E-state index in [2.05, 4.69) is 12.1 Å². The molecule has 0 spiro atoms. The minimum Gasteiger partial charge on any atom is -0.458 e. The van der Waals surface area contributed by atoms with Crippen molar-refractivity contribution < 1.29 is 14.6 Å². The van der Waals surface area contributed by atoms with E-state index in [1.165, 1.54) is 0 Å². The molecule has 0 amide bonds. The summed E-state index contributed by atoms with van der Waals surface area (Å²) in [6.07, 6.45) is 2.73. The topological polar surface area (TPSA) is 46.5 Å². The van der Waals surface area contributed by atoms with Crippen molar-refractivity contribution in [1.82, 2.24) is 0 Å². The quantitative estimate of drug-likeness (QED) is 0.791. The first-order chi connectivity index (χ1) is 12.6. The number of benzene rings is 2. The Balaban J connectivity index is 1.98. The molecule has 0 unspecified atom stereocenters. The molecule has 0 bridgehead atoms. The van der Waals surface area contributed by atoms with Crippen molar-refractivity contribution in [2.45, 2.75) is 57.2 Å². The van der Waals surface area contributed by atoms with Crippen LogP contribution in [0.1, 0.15) is 55.5 Å². The van der Waals surface area contributed by atoms with Gasteiger partial charge in [0.05, 0.1) is 17.1 Å². The highest BCUT2D eigenvalue weighted by molar-refractivity contribution is 5.89. The van der Waals surface area contributed by atoms with Gasteiger partial charge < -0.3 is 9.84 Å². The molecule has 138 valence electrons. The average Bonchev–Trinajstić information content (AvgIpc) is 2.69. The molecule has 3 rings (SSSR count). The van der Waals surface area contributed by atoms with Gasteiger partial charge in [0.2, 0.25) is 0 Å². The first-order valence-electron chi connectivity index (χ1n) is 9.55. The van der Waals surface area contributed by atoms with Gasteiger partial charge in [-0.15, -0.1) is 0 Å². The number of ether oxygens (including phenoxy) is 1. The maximum Gasteiger partial charge on any atom is 0.338 e. The second kappa shape index (κ2) is 8.05. The highest BCUT2D eigenvalue weighted by atomic mass is 16.5. The number of hydrogen-bond acceptors (Lipinski definition) is 3. The molecule has 1 saturated carbocycles. The van der Waals surface area contributed by atoms with Crippen LogP contribution in [-0.2, 0) is 10.2 Å². The largest absolute Gasteiger partial charge is 0.458 e. The minimum atomic E-state index is -0.571. The maximum atomic E-state index is 12.7. The Kier molecular flexibility index (Phi) is 5.77. The number of aliphatic hydroxyl groups excluding tert-OH is 1. The van der Waals surface area contributed by atoms with Crippen molar-refractivity contribution >= 4 is 5.97 Å². The molecule has 2 aromatic rings. The summed E-state index contributed by atoms with van der Waals surface area (Å²) in [5, 5.41) is 11.2. The average molecular weight is 352 g/mol. The van der Waals surface area contributed by atoms with Gasteiger partial charge in [0.25, 0.3) is 0 Å². The predicted octanol–water partition coefficient (Wildman–Crippen LogP) is 4.74. The van der Waals surface area contributed by atoms with Crippen LogP contribution >= 0.6 is 0 Å². The zero-order chi connectivity index (χ0) is 18.6. The lowest BCUT2D eigenvalue weighted by Crippen LogP contribution is -2.54. The van der Waals surface area contributed by atoms with Gasteiger partial charge >= 0.3 is 5.97 Å². The van der Waals surface area contributed by atoms with E-state index in [4.69, 9.17) is 4.74 Å². The molecule has 3 nitrogen and oxygen atoms in total. The Labute approximate surface area is 156 Å². The van der Waals surface area contributed by atoms with E-state index < -0.39 is 11.5 Å². The lowest BCUT2D eigenvalue weighted by atomic mass is 9.61. The second-order valence-electron chi connectivity index (χ2n) is 7.60. The van der Waals surface area contributed by atoms with Crippen LogP contribution in [0.4, 0.5) is 0 Å². The summed E-state index contributed by atoms with van der Waals surface area (Å²) < 4.78 is 6.02. The summed E-state index contributed by atoms with van der Waals surface area (Å²) in [6, 6.07) is 19.2. The van der Waals surface area contributed by atoms with Gasteiger partial charge in [0, 0.05) is 0 Å². The van der Waals surface area contributed by atoms with E-state index in [0.717, 1.165) is 31.2 Å². The van der Waals surface area contributed by atoms with E-state index in [1.807, 2.05) is 50.2 Å². The molecule has 0 aliphatic heterocycles. The van der Waals surface area contributed by atoms with Crippen LogP contribution in [0.15, 0.2) is 60.7 Å². The van der Waals surface area contributed by atoms with E-state index >= 15 is 0 Å². The number of aliphatic hydroxyl groups is 1. The van der Waals surface area contributed by atoms with Crippen LogP contribution in [0.3, 0.4) is 0 Å². The third kappa shape index (κ3) is 3.54. The molecule has 1 aliphatic carbocycles. The Bertz CT molecular complexity index is 711. The van der Waals surface area contributed by atoms with E-state index in [9.17, 15) is 9.90 Å². The summed E-state index contributed by atoms with van der Waals surface area (Å²) in [7, 11) is 0. The summed E-state index contributed by atoms with van der Waals surface area (Å²) in [5.41, 5.74) is 1.06. The molecular formula is C23H28O3. The molecule has 1 aliphatic rings. The van der Waals surface area contributed by atoms with Crippen LogP contribution in [0.5, 0.6) is 0 Å². The standard InChI is InChI=1S/C23H28O3/c1-17(2)21(24)23(19-13-7-4-8-14-19)16-10-9-15-20(23)26-22(25)18-11-5-3-6-12-18/h3-8,11-14,17,20-21,24H,9-10,15-16H2,1-2H3/t20-,21-,23-/m0/s1. The second-order valence-corrected chi connectivity index (χ2v) is 7.60. The number of carbonyl (C=O) groups excluding carboxylic acids is 1. The highest BCUT2D eigenvalue weighted by Crippen LogP contribution is 2.46. The van der Waals surface area contributed by atoms with Crippen LogP contribution < -0.4 is 0 Å². The van der Waals surface area contributed by atoms with Gasteiger partial charge in [-0.3, -0.25) is 0 Å². The third-order valence-corrected chi connectivity index (χ3v) is 5.61. The number of esters is 1. The summed E-state index contributed by atoms with van der Waals surface area (Å²) in [5.74, 6) is -0.236. The van der Waals surface area contributed by atoms with Gasteiger partial charge in [-0.1, -0.05) is 68.8 Å². The van der Waals surface area contributed by atoms with Crippen LogP contribution in [0.25, 0.3) is 0 Å². The van der Waals surface area contributed by atoms with Crippen molar-refractivity contribution in [2.24, 2.45) is 5.92 Å². The van der Waals surface area contributed by atoms with Crippen LogP contribution in [0.2, 0.25) is 0 Å². The van der Waals surface area contributed by atoms with Gasteiger partial charge in [-0.25, -0.2) is 4.79 Å². The lowest BCUT2D eigenvalue weighted by Gasteiger charge is -2.48. The van der Waals surface area contributed by atoms with Gasteiger partial charge in [0.1, 0.15) is 6.10 Å². The Morgan fingerprint density at radius 3 is 2.27 bits per heavy atom. The maximum absolute atomic E-state index is 12.7. The Morgan fingerprint density at radius 2 is 1.65 bits per heavy atom. The molecule has 26 heavy (non-hydrogen) atoms. The summed E-state index contributed by atoms with van der Waals surface area (Å²) in [6.45, 7) is 4.06.